The summed E-state index contributed by atoms with van der Waals surface area (Å²) in [6, 6.07) is 6.95. The molecule has 1 fully saturated rings. The molecule has 1 atom stereocenters. The van der Waals surface area contributed by atoms with Crippen molar-refractivity contribution in [2.45, 2.75) is 45.6 Å². The summed E-state index contributed by atoms with van der Waals surface area (Å²) in [4.78, 5) is 0. The molecule has 0 heterocycles. The average molecular weight is 252 g/mol. The second kappa shape index (κ2) is 5.88. The fourth-order valence-corrected chi connectivity index (χ4v) is 2.34. The highest BCUT2D eigenvalue weighted by molar-refractivity contribution is 6.31. The average Bonchev–Trinajstić information content (AvgIpc) is 3.12. The Balaban J connectivity index is 2.08. The molecule has 1 aliphatic rings. The van der Waals surface area contributed by atoms with Crippen LogP contribution in [0.1, 0.15) is 49.8 Å². The summed E-state index contributed by atoms with van der Waals surface area (Å²) in [7, 11) is 0. The van der Waals surface area contributed by atoms with Crippen molar-refractivity contribution >= 4 is 11.6 Å². The van der Waals surface area contributed by atoms with E-state index in [4.69, 9.17) is 11.6 Å². The van der Waals surface area contributed by atoms with Crippen LogP contribution >= 0.6 is 11.6 Å². The van der Waals surface area contributed by atoms with Crippen LogP contribution in [-0.2, 0) is 0 Å². The fourth-order valence-electron chi connectivity index (χ4n) is 2.23. The molecule has 94 valence electrons. The quantitative estimate of drug-likeness (QED) is 0.786. The van der Waals surface area contributed by atoms with E-state index >= 15 is 0 Å². The van der Waals surface area contributed by atoms with Gasteiger partial charge in [0, 0.05) is 11.1 Å². The van der Waals surface area contributed by atoms with Crippen LogP contribution in [0.15, 0.2) is 18.2 Å². The summed E-state index contributed by atoms with van der Waals surface area (Å²) >= 11 is 6.09. The van der Waals surface area contributed by atoms with Crippen molar-refractivity contribution in [2.75, 3.05) is 6.54 Å². The molecule has 2 heteroatoms. The van der Waals surface area contributed by atoms with E-state index in [1.54, 1.807) is 0 Å². The first-order valence-corrected chi connectivity index (χ1v) is 7.08. The van der Waals surface area contributed by atoms with Gasteiger partial charge in [0.05, 0.1) is 0 Å². The first-order chi connectivity index (χ1) is 8.20. The topological polar surface area (TPSA) is 12.0 Å². The third-order valence-corrected chi connectivity index (χ3v) is 3.92. The molecule has 1 aromatic carbocycles. The number of aryl methyl sites for hydroxylation is 1. The van der Waals surface area contributed by atoms with Crippen molar-refractivity contribution in [3.05, 3.63) is 34.3 Å². The monoisotopic (exact) mass is 251 g/mol. The van der Waals surface area contributed by atoms with Gasteiger partial charge in [-0.15, -0.1) is 0 Å². The van der Waals surface area contributed by atoms with Gasteiger partial charge in [0.1, 0.15) is 0 Å². The van der Waals surface area contributed by atoms with Gasteiger partial charge in [-0.25, -0.2) is 0 Å². The molecule has 1 nitrogen and oxygen atoms in total. The molecule has 0 aromatic heterocycles. The van der Waals surface area contributed by atoms with Crippen molar-refractivity contribution in [3.8, 4) is 0 Å². The summed E-state index contributed by atoms with van der Waals surface area (Å²) in [6.07, 6.45) is 5.29. The van der Waals surface area contributed by atoms with Crippen LogP contribution in [0.2, 0.25) is 5.02 Å². The van der Waals surface area contributed by atoms with E-state index in [9.17, 15) is 0 Å². The third kappa shape index (κ3) is 3.72. The van der Waals surface area contributed by atoms with Gasteiger partial charge < -0.3 is 5.32 Å². The van der Waals surface area contributed by atoms with Gasteiger partial charge in [-0.1, -0.05) is 43.5 Å². The molecule has 1 N–H and O–H groups in total. The van der Waals surface area contributed by atoms with Crippen molar-refractivity contribution < 1.29 is 0 Å². The highest BCUT2D eigenvalue weighted by Crippen LogP contribution is 2.38. The number of halogens is 1. The van der Waals surface area contributed by atoms with E-state index in [1.165, 1.54) is 36.8 Å². The van der Waals surface area contributed by atoms with Gasteiger partial charge in [0.15, 0.2) is 0 Å². The Morgan fingerprint density at radius 2 is 2.18 bits per heavy atom. The number of hydrogen-bond donors (Lipinski definition) is 1. The molecule has 2 rings (SSSR count). The first-order valence-electron chi connectivity index (χ1n) is 6.70. The zero-order valence-corrected chi connectivity index (χ0v) is 11.6. The standard InChI is InChI=1S/C15H22ClN/c1-3-8-17-15(10-12-4-5-12)13-6-7-14(16)11(2)9-13/h6-7,9,12,15,17H,3-5,8,10H2,1-2H3. The van der Waals surface area contributed by atoms with Crippen LogP contribution in [0, 0.1) is 12.8 Å². The highest BCUT2D eigenvalue weighted by atomic mass is 35.5. The van der Waals surface area contributed by atoms with E-state index in [0.717, 1.165) is 17.5 Å². The maximum Gasteiger partial charge on any atom is 0.0435 e. The Morgan fingerprint density at radius 1 is 1.41 bits per heavy atom. The first kappa shape index (κ1) is 12.9. The smallest absolute Gasteiger partial charge is 0.0435 e. The number of hydrogen-bond acceptors (Lipinski definition) is 1. The van der Waals surface area contributed by atoms with Gasteiger partial charge in [0.25, 0.3) is 0 Å². The van der Waals surface area contributed by atoms with E-state index in [2.05, 4.69) is 31.3 Å². The summed E-state index contributed by atoms with van der Waals surface area (Å²) in [6.45, 7) is 5.40. The minimum atomic E-state index is 0.512. The zero-order chi connectivity index (χ0) is 12.3. The second-order valence-electron chi connectivity index (χ2n) is 5.19. The molecule has 1 unspecified atom stereocenters. The van der Waals surface area contributed by atoms with Gasteiger partial charge in [-0.2, -0.15) is 0 Å². The van der Waals surface area contributed by atoms with Gasteiger partial charge in [0.2, 0.25) is 0 Å². The second-order valence-corrected chi connectivity index (χ2v) is 5.60. The van der Waals surface area contributed by atoms with Gasteiger partial charge in [-0.05, 0) is 49.4 Å². The number of benzene rings is 1. The van der Waals surface area contributed by atoms with Gasteiger partial charge in [-0.3, -0.25) is 0 Å². The van der Waals surface area contributed by atoms with Crippen molar-refractivity contribution in [3.63, 3.8) is 0 Å². The molecular formula is C15H22ClN. The summed E-state index contributed by atoms with van der Waals surface area (Å²) in [5, 5.41) is 4.53. The van der Waals surface area contributed by atoms with Crippen LogP contribution < -0.4 is 5.32 Å². The lowest BCUT2D eigenvalue weighted by molar-refractivity contribution is 0.474. The third-order valence-electron chi connectivity index (χ3n) is 3.49. The predicted molar refractivity (Wildman–Crippen MR) is 74.6 cm³/mol. The zero-order valence-electron chi connectivity index (χ0n) is 10.8. The minimum Gasteiger partial charge on any atom is -0.310 e. The van der Waals surface area contributed by atoms with Crippen LogP contribution in [0.5, 0.6) is 0 Å². The number of rotatable bonds is 6. The Kier molecular flexibility index (Phi) is 4.47. The Hall–Kier alpha value is -0.530. The maximum absolute atomic E-state index is 6.09. The largest absolute Gasteiger partial charge is 0.310 e. The van der Waals surface area contributed by atoms with Crippen LogP contribution in [0.4, 0.5) is 0 Å². The molecule has 0 spiro atoms. The minimum absolute atomic E-state index is 0.512. The normalized spacial score (nSPS) is 17.1. The van der Waals surface area contributed by atoms with Crippen molar-refractivity contribution in [2.24, 2.45) is 5.92 Å². The molecule has 1 aromatic rings. The highest BCUT2D eigenvalue weighted by Gasteiger charge is 2.26. The van der Waals surface area contributed by atoms with E-state index < -0.39 is 0 Å². The number of nitrogens with one attached hydrogen (secondary N) is 1. The Bertz CT molecular complexity index is 371. The SMILES string of the molecule is CCCNC(CC1CC1)c1ccc(Cl)c(C)c1. The molecule has 0 radical (unpaired) electrons. The molecule has 0 amide bonds. The lowest BCUT2D eigenvalue weighted by Crippen LogP contribution is -2.22. The summed E-state index contributed by atoms with van der Waals surface area (Å²) < 4.78 is 0. The Labute approximate surface area is 110 Å². The van der Waals surface area contributed by atoms with Crippen LogP contribution in [-0.4, -0.2) is 6.54 Å². The van der Waals surface area contributed by atoms with Crippen LogP contribution in [0.3, 0.4) is 0 Å². The molecule has 0 saturated heterocycles. The molecule has 0 aliphatic heterocycles. The van der Waals surface area contributed by atoms with E-state index in [1.807, 2.05) is 6.07 Å². The fraction of sp³-hybridized carbons (Fsp3) is 0.600. The summed E-state index contributed by atoms with van der Waals surface area (Å²) in [5.74, 6) is 0.945. The molecule has 17 heavy (non-hydrogen) atoms. The molecule has 0 bridgehead atoms. The van der Waals surface area contributed by atoms with Gasteiger partial charge >= 0.3 is 0 Å². The Morgan fingerprint density at radius 3 is 2.76 bits per heavy atom. The van der Waals surface area contributed by atoms with Crippen LogP contribution in [0.25, 0.3) is 0 Å². The van der Waals surface area contributed by atoms with Crippen molar-refractivity contribution in [1.82, 2.24) is 5.32 Å². The van der Waals surface area contributed by atoms with Crippen molar-refractivity contribution in [1.29, 1.82) is 0 Å². The van der Waals surface area contributed by atoms with E-state index in [-0.39, 0.29) is 0 Å². The lowest BCUT2D eigenvalue weighted by Gasteiger charge is -2.19. The summed E-state index contributed by atoms with van der Waals surface area (Å²) in [5.41, 5.74) is 2.58. The van der Waals surface area contributed by atoms with E-state index in [0.29, 0.717) is 6.04 Å². The molecular weight excluding hydrogens is 230 g/mol. The lowest BCUT2D eigenvalue weighted by atomic mass is 9.99. The molecule has 1 saturated carbocycles. The molecule has 1 aliphatic carbocycles. The maximum atomic E-state index is 6.09. The predicted octanol–water partition coefficient (Wildman–Crippen LogP) is 4.49.